The number of hydrogen-bond donors (Lipinski definition) is 0. The topological polar surface area (TPSA) is 43.4 Å². The van der Waals surface area contributed by atoms with Crippen LogP contribution < -0.4 is 0 Å². The van der Waals surface area contributed by atoms with Crippen molar-refractivity contribution in [3.8, 4) is 0 Å². The monoisotopic (exact) mass is 348 g/mol. The first-order valence-corrected chi connectivity index (χ1v) is 9.94. The third-order valence-corrected chi connectivity index (χ3v) is 7.59. The van der Waals surface area contributed by atoms with Crippen LogP contribution in [0.4, 0.5) is 4.39 Å². The minimum Gasteiger partial charge on any atom is -0.462 e. The fraction of sp³-hybridized carbons (Fsp3) is 0.810. The molecule has 0 bridgehead atoms. The predicted molar refractivity (Wildman–Crippen MR) is 92.6 cm³/mol. The molecule has 4 rings (SSSR count). The summed E-state index contributed by atoms with van der Waals surface area (Å²) in [6.45, 7) is 3.58. The molecule has 4 aliphatic carbocycles. The summed E-state index contributed by atoms with van der Waals surface area (Å²) in [6.07, 6.45) is 6.30. The van der Waals surface area contributed by atoms with E-state index in [4.69, 9.17) is 4.74 Å². The largest absolute Gasteiger partial charge is 0.462 e. The molecule has 138 valence electrons. The van der Waals surface area contributed by atoms with Crippen LogP contribution in [-0.2, 0) is 14.3 Å². The van der Waals surface area contributed by atoms with E-state index >= 15 is 0 Å². The summed E-state index contributed by atoms with van der Waals surface area (Å²) in [5.41, 5.74) is 2.46. The fourth-order valence-electron chi connectivity index (χ4n) is 6.46. The number of carbonyl (C=O) groups excluding carboxylic acids is 2. The maximum Gasteiger partial charge on any atom is 0.302 e. The number of ketones is 1. The Morgan fingerprint density at radius 1 is 1.20 bits per heavy atom. The normalized spacial score (nSPS) is 43.8. The van der Waals surface area contributed by atoms with Gasteiger partial charge >= 0.3 is 5.97 Å². The van der Waals surface area contributed by atoms with E-state index in [1.54, 1.807) is 0 Å². The number of hydrogen-bond acceptors (Lipinski definition) is 3. The van der Waals surface area contributed by atoms with Crippen molar-refractivity contribution in [3.63, 3.8) is 0 Å². The van der Waals surface area contributed by atoms with Gasteiger partial charge in [0.05, 0.1) is 0 Å². The van der Waals surface area contributed by atoms with Crippen LogP contribution >= 0.6 is 0 Å². The van der Waals surface area contributed by atoms with E-state index in [1.165, 1.54) is 18.1 Å². The van der Waals surface area contributed by atoms with Gasteiger partial charge in [0.1, 0.15) is 18.1 Å². The lowest BCUT2D eigenvalue weighted by molar-refractivity contribution is -0.146. The lowest BCUT2D eigenvalue weighted by Crippen LogP contribution is -2.42. The molecule has 2 fully saturated rings. The van der Waals surface area contributed by atoms with Crippen molar-refractivity contribution in [3.05, 3.63) is 11.1 Å². The summed E-state index contributed by atoms with van der Waals surface area (Å²) in [7, 11) is 0. The number of ether oxygens (including phenoxy) is 1. The first-order chi connectivity index (χ1) is 11.9. The molecule has 0 aromatic carbocycles. The highest BCUT2D eigenvalue weighted by molar-refractivity contribution is 5.87. The predicted octanol–water partition coefficient (Wildman–Crippen LogP) is 4.54. The van der Waals surface area contributed by atoms with Crippen LogP contribution in [0.15, 0.2) is 11.1 Å². The van der Waals surface area contributed by atoms with Gasteiger partial charge in [-0.3, -0.25) is 9.59 Å². The van der Waals surface area contributed by atoms with Crippen LogP contribution in [0.2, 0.25) is 0 Å². The molecule has 0 spiro atoms. The molecule has 3 nitrogen and oxygen atoms in total. The van der Waals surface area contributed by atoms with Crippen LogP contribution in [0.5, 0.6) is 0 Å². The van der Waals surface area contributed by atoms with E-state index in [2.05, 4.69) is 6.92 Å². The lowest BCUT2D eigenvalue weighted by atomic mass is 9.57. The van der Waals surface area contributed by atoms with Gasteiger partial charge in [0, 0.05) is 25.2 Å². The molecule has 4 heteroatoms. The van der Waals surface area contributed by atoms with Crippen LogP contribution in [0.1, 0.15) is 71.6 Å². The third-order valence-electron chi connectivity index (χ3n) is 7.59. The van der Waals surface area contributed by atoms with Gasteiger partial charge in [-0.15, -0.1) is 0 Å². The van der Waals surface area contributed by atoms with E-state index in [0.717, 1.165) is 32.1 Å². The number of fused-ring (bicyclic) bond motifs is 4. The van der Waals surface area contributed by atoms with E-state index in [-0.39, 0.29) is 17.5 Å². The Bertz CT molecular complexity index is 625. The average Bonchev–Trinajstić information content (AvgIpc) is 2.76. The van der Waals surface area contributed by atoms with Gasteiger partial charge in [0.15, 0.2) is 0 Å². The van der Waals surface area contributed by atoms with E-state index < -0.39 is 6.17 Å². The molecule has 0 aliphatic heterocycles. The van der Waals surface area contributed by atoms with Gasteiger partial charge in [-0.25, -0.2) is 4.39 Å². The molecule has 1 unspecified atom stereocenters. The highest BCUT2D eigenvalue weighted by Crippen LogP contribution is 2.59. The zero-order chi connectivity index (χ0) is 17.8. The SMILES string of the molecule is CC(=O)O[C@H]1CCC2=C(CC(F)C[C@@H]3[C@@H]2CC[C@]2(C)C(=O)CC[C@@H]32)C1. The summed E-state index contributed by atoms with van der Waals surface area (Å²) in [5, 5.41) is 0. The van der Waals surface area contributed by atoms with Crippen molar-refractivity contribution >= 4 is 11.8 Å². The zero-order valence-electron chi connectivity index (χ0n) is 15.4. The Balaban J connectivity index is 1.62. The number of esters is 1. The third kappa shape index (κ3) is 2.86. The number of Topliss-reactive ketones (excluding diaryl/α,β-unsaturated/α-hetero) is 1. The maximum absolute atomic E-state index is 14.8. The van der Waals surface area contributed by atoms with E-state index in [9.17, 15) is 14.0 Å². The first-order valence-electron chi connectivity index (χ1n) is 9.94. The van der Waals surface area contributed by atoms with E-state index in [0.29, 0.717) is 49.2 Å². The number of alkyl halides is 1. The molecule has 0 heterocycles. The smallest absolute Gasteiger partial charge is 0.302 e. The van der Waals surface area contributed by atoms with Crippen molar-refractivity contribution in [2.45, 2.75) is 83.9 Å². The van der Waals surface area contributed by atoms with Gasteiger partial charge in [0.2, 0.25) is 0 Å². The van der Waals surface area contributed by atoms with Gasteiger partial charge in [-0.2, -0.15) is 0 Å². The second-order valence-corrected chi connectivity index (χ2v) is 8.93. The summed E-state index contributed by atoms with van der Waals surface area (Å²) in [5.74, 6) is 1.28. The molecule has 25 heavy (non-hydrogen) atoms. The van der Waals surface area contributed by atoms with E-state index in [1.807, 2.05) is 0 Å². The molecule has 4 aliphatic rings. The van der Waals surface area contributed by atoms with Crippen molar-refractivity contribution in [2.75, 3.05) is 0 Å². The molecule has 2 saturated carbocycles. The molecular formula is C21H29FO3. The van der Waals surface area contributed by atoms with Crippen molar-refractivity contribution in [2.24, 2.45) is 23.2 Å². The summed E-state index contributed by atoms with van der Waals surface area (Å²) in [4.78, 5) is 23.7. The van der Waals surface area contributed by atoms with Crippen LogP contribution in [0.3, 0.4) is 0 Å². The molecule has 0 amide bonds. The molecule has 0 aromatic heterocycles. The molecule has 6 atom stereocenters. The quantitative estimate of drug-likeness (QED) is 0.516. The Kier molecular flexibility index (Phi) is 4.28. The molecular weight excluding hydrogens is 319 g/mol. The van der Waals surface area contributed by atoms with Crippen LogP contribution in [-0.4, -0.2) is 24.0 Å². The summed E-state index contributed by atoms with van der Waals surface area (Å²) >= 11 is 0. The lowest BCUT2D eigenvalue weighted by Gasteiger charge is -2.46. The minimum absolute atomic E-state index is 0.0816. The van der Waals surface area contributed by atoms with Crippen molar-refractivity contribution in [1.82, 2.24) is 0 Å². The number of halogens is 1. The van der Waals surface area contributed by atoms with Crippen molar-refractivity contribution in [1.29, 1.82) is 0 Å². The number of rotatable bonds is 1. The second kappa shape index (κ2) is 6.21. The minimum atomic E-state index is -0.825. The summed E-state index contributed by atoms with van der Waals surface area (Å²) < 4.78 is 20.2. The molecule has 0 aromatic rings. The highest BCUT2D eigenvalue weighted by atomic mass is 19.1. The van der Waals surface area contributed by atoms with Gasteiger partial charge < -0.3 is 4.74 Å². The van der Waals surface area contributed by atoms with Crippen LogP contribution in [0.25, 0.3) is 0 Å². The Morgan fingerprint density at radius 2 is 2.00 bits per heavy atom. The standard InChI is InChI=1S/C21H29FO3/c1-12(23)25-15-3-4-16-13(10-15)9-14(22)11-18-17(16)7-8-21(2)19(18)5-6-20(21)24/h14-15,17-19H,3-11H2,1-2H3/t14?,15-,17+,18+,19-,21-/m0/s1. The van der Waals surface area contributed by atoms with Gasteiger partial charge in [0.25, 0.3) is 0 Å². The van der Waals surface area contributed by atoms with Gasteiger partial charge in [-0.05, 0) is 62.7 Å². The number of allylic oxidation sites excluding steroid dienone is 1. The van der Waals surface area contributed by atoms with Crippen molar-refractivity contribution < 1.29 is 18.7 Å². The average molecular weight is 348 g/mol. The summed E-state index contributed by atoms with van der Waals surface area (Å²) in [6, 6.07) is 0. The molecule has 0 radical (unpaired) electrons. The highest BCUT2D eigenvalue weighted by Gasteiger charge is 2.55. The second-order valence-electron chi connectivity index (χ2n) is 8.93. The van der Waals surface area contributed by atoms with Crippen LogP contribution in [0, 0.1) is 23.2 Å². The van der Waals surface area contributed by atoms with Gasteiger partial charge in [-0.1, -0.05) is 18.1 Å². The molecule has 0 N–H and O–H groups in total. The Hall–Kier alpha value is -1.19. The Morgan fingerprint density at radius 3 is 2.76 bits per heavy atom. The Labute approximate surface area is 149 Å². The molecule has 0 saturated heterocycles. The zero-order valence-corrected chi connectivity index (χ0v) is 15.4. The number of carbonyl (C=O) groups is 2. The maximum atomic E-state index is 14.8. The first kappa shape index (κ1) is 17.2. The fourth-order valence-corrected chi connectivity index (χ4v) is 6.46.